The minimum absolute atomic E-state index is 0.0238. The lowest BCUT2D eigenvalue weighted by atomic mass is 10.1. The van der Waals surface area contributed by atoms with Crippen LogP contribution in [0.1, 0.15) is 48.0 Å². The number of aromatic nitrogens is 2. The molecule has 0 fully saturated rings. The standard InChI is InChI=1S/C37H55N11O13/c38-18-26-17-25(6-7-27(26)39-9-4-10-41-37-42-11-12-43-37)35(59)44-19-28(36(60)61)45-29(49)5-2-1-3-8-40-30(50)20-47(22-32(53)54)15-13-46(21-31(51)52)14-16-48(23-33(55)56)24-34(57)58/h6-7,11-12,17-18,28,38-39H,1-5,8-10,13-16,19-24H2,(H,40,50)(H,44,59)(H,45,49)(H,51,52)(H,53,54)(H,55,56)(H,57,58)(H,60,61)(H2,41,42,43)/t28-/m0/s1. The number of carbonyl (C=O) groups excluding carboxylic acids is 3. The van der Waals surface area contributed by atoms with Gasteiger partial charge in [-0.1, -0.05) is 6.42 Å². The van der Waals surface area contributed by atoms with Crippen LogP contribution >= 0.6 is 0 Å². The van der Waals surface area contributed by atoms with Gasteiger partial charge in [0.1, 0.15) is 6.04 Å². The summed E-state index contributed by atoms with van der Waals surface area (Å²) in [7, 11) is 0. The van der Waals surface area contributed by atoms with Gasteiger partial charge in [-0.2, -0.15) is 0 Å². The number of hydrogen-bond acceptors (Lipinski definition) is 15. The zero-order valence-electron chi connectivity index (χ0n) is 33.6. The smallest absolute Gasteiger partial charge is 0.328 e. The fourth-order valence-corrected chi connectivity index (χ4v) is 5.73. The van der Waals surface area contributed by atoms with Gasteiger partial charge in [-0.05, 0) is 37.5 Å². The van der Waals surface area contributed by atoms with Crippen LogP contribution < -0.4 is 26.6 Å². The predicted octanol–water partition coefficient (Wildman–Crippen LogP) is -1.46. The number of hydrogen-bond donors (Lipinski definition) is 12. The number of aromatic amines is 1. The number of imidazole rings is 1. The number of nitrogens with one attached hydrogen (secondary N) is 7. The number of amides is 3. The van der Waals surface area contributed by atoms with Gasteiger partial charge in [-0.3, -0.25) is 48.3 Å². The third-order valence-electron chi connectivity index (χ3n) is 8.70. The Morgan fingerprint density at radius 1 is 0.689 bits per heavy atom. The van der Waals surface area contributed by atoms with E-state index in [1.54, 1.807) is 18.5 Å². The third kappa shape index (κ3) is 22.3. The van der Waals surface area contributed by atoms with E-state index in [4.69, 9.17) is 15.6 Å². The number of carboxylic acids is 5. The summed E-state index contributed by atoms with van der Waals surface area (Å²) in [6, 6.07) is 3.25. The van der Waals surface area contributed by atoms with Crippen LogP contribution in [0.5, 0.6) is 0 Å². The van der Waals surface area contributed by atoms with E-state index in [1.807, 2.05) is 0 Å². The number of H-pyrrole nitrogens is 1. The highest BCUT2D eigenvalue weighted by Crippen LogP contribution is 2.16. The number of unbranched alkanes of at least 4 members (excludes halogenated alkanes) is 2. The van der Waals surface area contributed by atoms with Gasteiger partial charge in [0.15, 0.2) is 5.95 Å². The molecule has 1 aromatic carbocycles. The maximum Gasteiger partial charge on any atom is 0.328 e. The second-order valence-corrected chi connectivity index (χ2v) is 13.7. The van der Waals surface area contributed by atoms with E-state index >= 15 is 0 Å². The molecule has 1 atom stereocenters. The third-order valence-corrected chi connectivity index (χ3v) is 8.70. The fraction of sp³-hybridized carbons (Fsp3) is 0.514. The van der Waals surface area contributed by atoms with Gasteiger partial charge in [0.05, 0.1) is 32.7 Å². The second-order valence-electron chi connectivity index (χ2n) is 13.7. The molecule has 0 saturated heterocycles. The van der Waals surface area contributed by atoms with Gasteiger partial charge in [0.25, 0.3) is 5.91 Å². The van der Waals surface area contributed by atoms with Crippen molar-refractivity contribution < 1.29 is 63.9 Å². The first-order valence-corrected chi connectivity index (χ1v) is 19.3. The maximum absolute atomic E-state index is 12.8. The molecule has 0 spiro atoms. The summed E-state index contributed by atoms with van der Waals surface area (Å²) in [5, 5.41) is 68.0. The Balaban J connectivity index is 1.74. The molecule has 0 aliphatic carbocycles. The predicted molar refractivity (Wildman–Crippen MR) is 218 cm³/mol. The Kier molecular flexibility index (Phi) is 23.1. The van der Waals surface area contributed by atoms with Crippen LogP contribution in [0.15, 0.2) is 30.6 Å². The quantitative estimate of drug-likeness (QED) is 0.0283. The van der Waals surface area contributed by atoms with Crippen molar-refractivity contribution in [2.45, 2.75) is 38.1 Å². The van der Waals surface area contributed by atoms with Crippen molar-refractivity contribution in [1.82, 2.24) is 40.6 Å². The molecule has 0 bridgehead atoms. The van der Waals surface area contributed by atoms with Crippen LogP contribution in [0, 0.1) is 5.41 Å². The summed E-state index contributed by atoms with van der Waals surface area (Å²) >= 11 is 0. The molecule has 0 unspecified atom stereocenters. The first-order chi connectivity index (χ1) is 29.1. The molecule has 61 heavy (non-hydrogen) atoms. The highest BCUT2D eigenvalue weighted by atomic mass is 16.4. The number of anilines is 2. The molecule has 0 aliphatic heterocycles. The molecule has 0 saturated carbocycles. The molecule has 1 heterocycles. The molecular formula is C37H55N11O13. The van der Waals surface area contributed by atoms with Crippen molar-refractivity contribution in [3.63, 3.8) is 0 Å². The molecule has 24 heteroatoms. The first-order valence-electron chi connectivity index (χ1n) is 19.3. The highest BCUT2D eigenvalue weighted by molar-refractivity contribution is 5.98. The zero-order valence-corrected chi connectivity index (χ0v) is 33.6. The van der Waals surface area contributed by atoms with Crippen LogP contribution in [-0.4, -0.2) is 195 Å². The van der Waals surface area contributed by atoms with Crippen molar-refractivity contribution in [1.29, 1.82) is 5.41 Å². The molecule has 2 rings (SSSR count). The van der Waals surface area contributed by atoms with E-state index in [0.29, 0.717) is 49.6 Å². The lowest BCUT2D eigenvalue weighted by molar-refractivity contribution is -0.143. The van der Waals surface area contributed by atoms with E-state index in [-0.39, 0.29) is 51.3 Å². The Bertz CT molecular complexity index is 1760. The number of aliphatic carboxylic acids is 5. The molecule has 0 radical (unpaired) electrons. The molecule has 3 amide bonds. The molecule has 0 aliphatic rings. The minimum Gasteiger partial charge on any atom is -0.480 e. The molecule has 336 valence electrons. The molecule has 2 aromatic rings. The minimum atomic E-state index is -1.41. The van der Waals surface area contributed by atoms with Gasteiger partial charge < -0.3 is 62.5 Å². The molecule has 1 aromatic heterocycles. The topological polar surface area (TPSA) is 360 Å². The van der Waals surface area contributed by atoms with Crippen molar-refractivity contribution in [3.05, 3.63) is 41.7 Å². The largest absolute Gasteiger partial charge is 0.480 e. The second kappa shape index (κ2) is 27.9. The van der Waals surface area contributed by atoms with E-state index in [9.17, 15) is 53.7 Å². The van der Waals surface area contributed by atoms with Crippen LogP contribution in [0.2, 0.25) is 0 Å². The van der Waals surface area contributed by atoms with Crippen LogP contribution in [-0.2, 0) is 33.6 Å². The number of benzene rings is 1. The number of rotatable bonds is 34. The van der Waals surface area contributed by atoms with E-state index in [0.717, 1.165) is 17.5 Å². The SMILES string of the molecule is N=Cc1cc(C(=O)NC[C@H](NC(=O)CCCCCNC(=O)CN(CCN(CCN(CC(=O)O)CC(=O)O)CC(=O)O)CC(=O)O)C(=O)O)ccc1NCCCNc1ncc[nH]1. The number of nitrogens with zero attached hydrogens (tertiary/aromatic N) is 4. The molecular weight excluding hydrogens is 806 g/mol. The van der Waals surface area contributed by atoms with Crippen molar-refractivity contribution in [2.75, 3.05) is 95.7 Å². The fourth-order valence-electron chi connectivity index (χ4n) is 5.73. The monoisotopic (exact) mass is 861 g/mol. The Morgan fingerprint density at radius 2 is 1.28 bits per heavy atom. The zero-order chi connectivity index (χ0) is 45.2. The highest BCUT2D eigenvalue weighted by Gasteiger charge is 2.22. The van der Waals surface area contributed by atoms with Gasteiger partial charge in [-0.15, -0.1) is 0 Å². The Labute approximate surface area is 350 Å². The van der Waals surface area contributed by atoms with Gasteiger partial charge in [0.2, 0.25) is 11.8 Å². The Morgan fingerprint density at radius 3 is 1.85 bits per heavy atom. The Hall–Kier alpha value is -6.66. The van der Waals surface area contributed by atoms with Crippen LogP contribution in [0.25, 0.3) is 0 Å². The summed E-state index contributed by atoms with van der Waals surface area (Å²) in [5.41, 5.74) is 1.28. The molecule has 24 nitrogen and oxygen atoms in total. The van der Waals surface area contributed by atoms with Crippen LogP contribution in [0.3, 0.4) is 0 Å². The van der Waals surface area contributed by atoms with Crippen molar-refractivity contribution in [2.24, 2.45) is 0 Å². The summed E-state index contributed by atoms with van der Waals surface area (Å²) in [6.45, 7) is -1.76. The van der Waals surface area contributed by atoms with E-state index in [1.165, 1.54) is 21.9 Å². The average molecular weight is 862 g/mol. The van der Waals surface area contributed by atoms with Gasteiger partial charge in [0, 0.05) is 94.2 Å². The van der Waals surface area contributed by atoms with Gasteiger partial charge >= 0.3 is 29.8 Å². The lowest BCUT2D eigenvalue weighted by Crippen LogP contribution is -2.48. The van der Waals surface area contributed by atoms with Crippen molar-refractivity contribution >= 4 is 65.4 Å². The van der Waals surface area contributed by atoms with E-state index < -0.39 is 86.3 Å². The normalized spacial score (nSPS) is 11.5. The molecule has 12 N–H and O–H groups in total. The summed E-state index contributed by atoms with van der Waals surface area (Å²) in [6.07, 6.45) is 6.37. The van der Waals surface area contributed by atoms with Crippen LogP contribution in [0.4, 0.5) is 11.6 Å². The average Bonchev–Trinajstić information content (AvgIpc) is 3.71. The number of carbonyl (C=O) groups is 8. The van der Waals surface area contributed by atoms with Crippen molar-refractivity contribution in [3.8, 4) is 0 Å². The lowest BCUT2D eigenvalue weighted by Gasteiger charge is -2.27. The number of carboxylic acid groups (broad SMARTS) is 5. The summed E-state index contributed by atoms with van der Waals surface area (Å²) in [4.78, 5) is 106. The first kappa shape index (κ1) is 50.5. The maximum atomic E-state index is 12.8. The van der Waals surface area contributed by atoms with Gasteiger partial charge in [-0.25, -0.2) is 9.78 Å². The summed E-state index contributed by atoms with van der Waals surface area (Å²) in [5.74, 6) is -7.38. The summed E-state index contributed by atoms with van der Waals surface area (Å²) < 4.78 is 0. The van der Waals surface area contributed by atoms with E-state index in [2.05, 4.69) is 36.6 Å².